The molecule has 1 aromatic heterocycles. The molecule has 1 heterocycles. The molecule has 66 valence electrons. The highest BCUT2D eigenvalue weighted by Crippen LogP contribution is 2.34. The Morgan fingerprint density at radius 1 is 1.46 bits per heavy atom. The number of hydrogen-bond donors (Lipinski definition) is 0. The van der Waals surface area contributed by atoms with Crippen LogP contribution in [0.2, 0.25) is 0 Å². The number of carbonyl (C=O) groups is 1. The molecule has 1 nitrogen and oxygen atoms in total. The SMILES string of the molecule is O=Cc1c(I)ccc2scc(Br)c12. The molecule has 0 atom stereocenters. The summed E-state index contributed by atoms with van der Waals surface area (Å²) in [4.78, 5) is 10.9. The zero-order chi connectivity index (χ0) is 9.42. The first-order chi connectivity index (χ1) is 6.24. The summed E-state index contributed by atoms with van der Waals surface area (Å²) >= 11 is 7.26. The quantitative estimate of drug-likeness (QED) is 0.549. The Hall–Kier alpha value is 0.0600. The molecule has 0 aliphatic heterocycles. The lowest BCUT2D eigenvalue weighted by atomic mass is 10.1. The molecule has 0 spiro atoms. The van der Waals surface area contributed by atoms with Gasteiger partial charge in [-0.15, -0.1) is 11.3 Å². The van der Waals surface area contributed by atoms with Crippen LogP contribution in [-0.4, -0.2) is 6.29 Å². The van der Waals surface area contributed by atoms with E-state index in [2.05, 4.69) is 38.5 Å². The average Bonchev–Trinajstić information content (AvgIpc) is 2.49. The highest BCUT2D eigenvalue weighted by Gasteiger charge is 2.09. The highest BCUT2D eigenvalue weighted by molar-refractivity contribution is 14.1. The summed E-state index contributed by atoms with van der Waals surface area (Å²) in [5.74, 6) is 0. The van der Waals surface area contributed by atoms with Gasteiger partial charge in [-0.1, -0.05) is 0 Å². The van der Waals surface area contributed by atoms with Gasteiger partial charge in [0.1, 0.15) is 0 Å². The Morgan fingerprint density at radius 3 is 2.92 bits per heavy atom. The van der Waals surface area contributed by atoms with Gasteiger partial charge in [0.25, 0.3) is 0 Å². The predicted molar refractivity (Wildman–Crippen MR) is 67.6 cm³/mol. The zero-order valence-electron chi connectivity index (χ0n) is 6.38. The number of aldehydes is 1. The molecule has 4 heteroatoms. The highest BCUT2D eigenvalue weighted by atomic mass is 127. The molecule has 0 saturated heterocycles. The molecule has 0 unspecified atom stereocenters. The van der Waals surface area contributed by atoms with Crippen molar-refractivity contribution in [2.75, 3.05) is 0 Å². The molecule has 13 heavy (non-hydrogen) atoms. The van der Waals surface area contributed by atoms with E-state index in [1.165, 1.54) is 0 Å². The molecule has 0 N–H and O–H groups in total. The zero-order valence-corrected chi connectivity index (χ0v) is 10.9. The van der Waals surface area contributed by atoms with E-state index in [1.807, 2.05) is 17.5 Å². The lowest BCUT2D eigenvalue weighted by Gasteiger charge is -1.98. The van der Waals surface area contributed by atoms with Crippen LogP contribution in [0.25, 0.3) is 10.1 Å². The van der Waals surface area contributed by atoms with Crippen molar-refractivity contribution in [1.29, 1.82) is 0 Å². The van der Waals surface area contributed by atoms with Gasteiger partial charge < -0.3 is 0 Å². The molecule has 0 bridgehead atoms. The maximum Gasteiger partial charge on any atom is 0.151 e. The maximum atomic E-state index is 10.9. The van der Waals surface area contributed by atoms with E-state index in [-0.39, 0.29) is 0 Å². The summed E-state index contributed by atoms with van der Waals surface area (Å²) in [6, 6.07) is 4.01. The first kappa shape index (κ1) is 9.61. The van der Waals surface area contributed by atoms with Crippen LogP contribution < -0.4 is 0 Å². The van der Waals surface area contributed by atoms with Gasteiger partial charge >= 0.3 is 0 Å². The lowest BCUT2D eigenvalue weighted by molar-refractivity contribution is 0.112. The Morgan fingerprint density at radius 2 is 2.23 bits per heavy atom. The van der Waals surface area contributed by atoms with Crippen molar-refractivity contribution in [1.82, 2.24) is 0 Å². The summed E-state index contributed by atoms with van der Waals surface area (Å²) in [5, 5.41) is 3.04. The smallest absolute Gasteiger partial charge is 0.151 e. The lowest BCUT2D eigenvalue weighted by Crippen LogP contribution is -1.85. The summed E-state index contributed by atoms with van der Waals surface area (Å²) in [5.41, 5.74) is 0.784. The Bertz CT molecular complexity index is 478. The molecule has 0 radical (unpaired) electrons. The minimum atomic E-state index is 0.784. The normalized spacial score (nSPS) is 10.6. The number of thiophene rings is 1. The van der Waals surface area contributed by atoms with Gasteiger partial charge in [0.05, 0.1) is 0 Å². The van der Waals surface area contributed by atoms with E-state index < -0.39 is 0 Å². The van der Waals surface area contributed by atoms with Gasteiger partial charge in [0.2, 0.25) is 0 Å². The third-order valence-electron chi connectivity index (χ3n) is 1.80. The number of hydrogen-bond acceptors (Lipinski definition) is 2. The van der Waals surface area contributed by atoms with Crippen molar-refractivity contribution in [3.05, 3.63) is 31.1 Å². The summed E-state index contributed by atoms with van der Waals surface area (Å²) in [6.07, 6.45) is 0.918. The minimum absolute atomic E-state index is 0.784. The first-order valence-corrected chi connectivity index (χ1v) is 6.29. The number of rotatable bonds is 1. The third kappa shape index (κ3) is 1.55. The number of halogens is 2. The molecule has 0 amide bonds. The number of fused-ring (bicyclic) bond motifs is 1. The van der Waals surface area contributed by atoms with E-state index in [0.717, 1.165) is 30.0 Å². The molecule has 1 aromatic carbocycles. The van der Waals surface area contributed by atoms with E-state index >= 15 is 0 Å². The van der Waals surface area contributed by atoms with Crippen molar-refractivity contribution >= 4 is 66.2 Å². The van der Waals surface area contributed by atoms with Crippen LogP contribution in [0, 0.1) is 3.57 Å². The number of benzene rings is 1. The third-order valence-corrected chi connectivity index (χ3v) is 4.62. The second-order valence-corrected chi connectivity index (χ2v) is 5.46. The van der Waals surface area contributed by atoms with Gasteiger partial charge in [-0.2, -0.15) is 0 Å². The fourth-order valence-corrected chi connectivity index (χ4v) is 3.46. The molecule has 0 aliphatic rings. The Labute approximate surface area is 101 Å². The van der Waals surface area contributed by atoms with Crippen molar-refractivity contribution in [2.45, 2.75) is 0 Å². The Kier molecular flexibility index (Phi) is 2.71. The topological polar surface area (TPSA) is 17.1 Å². The molecule has 0 aliphatic carbocycles. The second kappa shape index (κ2) is 3.67. The van der Waals surface area contributed by atoms with Gasteiger partial charge in [-0.05, 0) is 50.7 Å². The van der Waals surface area contributed by atoms with Gasteiger partial charge in [-0.3, -0.25) is 4.79 Å². The monoisotopic (exact) mass is 366 g/mol. The van der Waals surface area contributed by atoms with Crippen LogP contribution in [0.4, 0.5) is 0 Å². The fourth-order valence-electron chi connectivity index (χ4n) is 1.21. The fraction of sp³-hybridized carbons (Fsp3) is 0. The van der Waals surface area contributed by atoms with E-state index in [9.17, 15) is 4.79 Å². The molecule has 2 aromatic rings. The van der Waals surface area contributed by atoms with Crippen molar-refractivity contribution in [3.63, 3.8) is 0 Å². The molecular weight excluding hydrogens is 363 g/mol. The number of carbonyl (C=O) groups excluding carboxylic acids is 1. The summed E-state index contributed by atoms with van der Waals surface area (Å²) in [6.45, 7) is 0. The average molecular weight is 367 g/mol. The molecule has 0 saturated carbocycles. The van der Waals surface area contributed by atoms with Crippen LogP contribution in [0.15, 0.2) is 22.0 Å². The van der Waals surface area contributed by atoms with E-state index in [0.29, 0.717) is 0 Å². The van der Waals surface area contributed by atoms with Gasteiger partial charge in [0, 0.05) is 29.1 Å². The van der Waals surface area contributed by atoms with Crippen molar-refractivity contribution in [2.24, 2.45) is 0 Å². The molecule has 0 fully saturated rings. The van der Waals surface area contributed by atoms with Crippen LogP contribution in [0.3, 0.4) is 0 Å². The largest absolute Gasteiger partial charge is 0.298 e. The maximum absolute atomic E-state index is 10.9. The summed E-state index contributed by atoms with van der Waals surface area (Å²) in [7, 11) is 0. The predicted octanol–water partition coefficient (Wildman–Crippen LogP) is 4.08. The van der Waals surface area contributed by atoms with E-state index in [4.69, 9.17) is 0 Å². The molecule has 2 rings (SSSR count). The van der Waals surface area contributed by atoms with Crippen LogP contribution in [-0.2, 0) is 0 Å². The minimum Gasteiger partial charge on any atom is -0.298 e. The van der Waals surface area contributed by atoms with Gasteiger partial charge in [-0.25, -0.2) is 0 Å². The standard InChI is InChI=1S/C9H4BrIOS/c10-6-4-13-8-2-1-7(11)5(3-12)9(6)8/h1-4H. The van der Waals surface area contributed by atoms with Crippen molar-refractivity contribution in [3.8, 4) is 0 Å². The van der Waals surface area contributed by atoms with Gasteiger partial charge in [0.15, 0.2) is 6.29 Å². The summed E-state index contributed by atoms with van der Waals surface area (Å²) < 4.78 is 3.15. The van der Waals surface area contributed by atoms with Crippen LogP contribution >= 0.6 is 49.9 Å². The second-order valence-electron chi connectivity index (χ2n) is 2.54. The van der Waals surface area contributed by atoms with E-state index in [1.54, 1.807) is 11.3 Å². The first-order valence-electron chi connectivity index (χ1n) is 3.54. The van der Waals surface area contributed by atoms with Crippen LogP contribution in [0.1, 0.15) is 10.4 Å². The Balaban J connectivity index is 2.96. The van der Waals surface area contributed by atoms with Crippen LogP contribution in [0.5, 0.6) is 0 Å². The molecular formula is C9H4BrIOS. The van der Waals surface area contributed by atoms with Crippen molar-refractivity contribution < 1.29 is 4.79 Å².